The van der Waals surface area contributed by atoms with Crippen LogP contribution in [0.15, 0.2) is 24.3 Å². The molecule has 0 bridgehead atoms. The summed E-state index contributed by atoms with van der Waals surface area (Å²) in [5.41, 5.74) is 2.08. The smallest absolute Gasteiger partial charge is 0.171 e. The van der Waals surface area contributed by atoms with E-state index in [-0.39, 0.29) is 11.5 Å². The average Bonchev–Trinajstić information content (AvgIpc) is 2.84. The summed E-state index contributed by atoms with van der Waals surface area (Å²) in [6.45, 7) is 6.38. The van der Waals surface area contributed by atoms with Crippen molar-refractivity contribution in [2.75, 3.05) is 0 Å². The molecule has 0 saturated heterocycles. The standard InChI is InChI=1S/C16H16ClIN2O/c1-16(2,3)13-12(18)14(17)20-15(19-13)11-8-9-6-4-5-7-10(9)21-11/h4-7,11H,8H2,1-3H3. The SMILES string of the molecule is CC(C)(C)c1nc(C2Cc3ccccc3O2)nc(Cl)c1I. The zero-order valence-electron chi connectivity index (χ0n) is 12.2. The summed E-state index contributed by atoms with van der Waals surface area (Å²) in [7, 11) is 0. The van der Waals surface area contributed by atoms with Gasteiger partial charge >= 0.3 is 0 Å². The van der Waals surface area contributed by atoms with Gasteiger partial charge < -0.3 is 4.74 Å². The number of hydrogen-bond donors (Lipinski definition) is 0. The first-order chi connectivity index (χ1) is 9.86. The highest BCUT2D eigenvalue weighted by Crippen LogP contribution is 2.37. The Hall–Kier alpha value is -0.880. The lowest BCUT2D eigenvalue weighted by atomic mass is 9.92. The third-order valence-electron chi connectivity index (χ3n) is 3.47. The molecule has 5 heteroatoms. The lowest BCUT2D eigenvalue weighted by molar-refractivity contribution is 0.226. The highest BCUT2D eigenvalue weighted by atomic mass is 127. The molecule has 1 atom stereocenters. The van der Waals surface area contributed by atoms with Gasteiger partial charge in [-0.25, -0.2) is 9.97 Å². The van der Waals surface area contributed by atoms with Gasteiger partial charge in [0.25, 0.3) is 0 Å². The Morgan fingerprint density at radius 3 is 2.62 bits per heavy atom. The van der Waals surface area contributed by atoms with Gasteiger partial charge in [-0.1, -0.05) is 50.6 Å². The first kappa shape index (κ1) is 15.0. The van der Waals surface area contributed by atoms with Crippen molar-refractivity contribution in [2.45, 2.75) is 38.7 Å². The molecule has 1 aromatic carbocycles. The Bertz CT molecular complexity index is 672. The molecule has 1 aromatic heterocycles. The van der Waals surface area contributed by atoms with Crippen molar-refractivity contribution in [3.8, 4) is 5.75 Å². The fourth-order valence-corrected chi connectivity index (χ4v) is 3.63. The molecule has 0 fully saturated rings. The van der Waals surface area contributed by atoms with E-state index in [1.807, 2.05) is 18.2 Å². The van der Waals surface area contributed by atoms with Crippen LogP contribution in [0.4, 0.5) is 0 Å². The third kappa shape index (κ3) is 2.88. The molecule has 3 rings (SSSR count). The number of ether oxygens (including phenoxy) is 1. The Morgan fingerprint density at radius 1 is 1.24 bits per heavy atom. The minimum absolute atomic E-state index is 0.0801. The first-order valence-electron chi connectivity index (χ1n) is 6.84. The van der Waals surface area contributed by atoms with Crippen molar-refractivity contribution in [1.29, 1.82) is 0 Å². The number of para-hydroxylation sites is 1. The Kier molecular flexibility index (Phi) is 3.86. The second-order valence-electron chi connectivity index (χ2n) is 6.20. The normalized spacial score (nSPS) is 17.5. The molecule has 3 nitrogen and oxygen atoms in total. The van der Waals surface area contributed by atoms with Crippen molar-refractivity contribution in [3.63, 3.8) is 0 Å². The first-order valence-corrected chi connectivity index (χ1v) is 8.30. The second kappa shape index (κ2) is 5.39. The molecule has 0 spiro atoms. The molecule has 1 aliphatic heterocycles. The molecular formula is C16H16ClIN2O. The van der Waals surface area contributed by atoms with Crippen LogP contribution in [0.3, 0.4) is 0 Å². The van der Waals surface area contributed by atoms with E-state index in [0.717, 1.165) is 21.4 Å². The number of nitrogens with zero attached hydrogens (tertiary/aromatic N) is 2. The van der Waals surface area contributed by atoms with Gasteiger partial charge in [0.2, 0.25) is 0 Å². The third-order valence-corrected chi connectivity index (χ3v) is 5.09. The monoisotopic (exact) mass is 414 g/mol. The minimum Gasteiger partial charge on any atom is -0.482 e. The molecule has 21 heavy (non-hydrogen) atoms. The largest absolute Gasteiger partial charge is 0.482 e. The maximum atomic E-state index is 6.30. The topological polar surface area (TPSA) is 35.0 Å². The minimum atomic E-state index is -0.155. The van der Waals surface area contributed by atoms with Gasteiger partial charge in [-0.2, -0.15) is 0 Å². The number of benzene rings is 1. The molecular weight excluding hydrogens is 399 g/mol. The number of rotatable bonds is 1. The quantitative estimate of drug-likeness (QED) is 0.501. The molecule has 0 radical (unpaired) electrons. The van der Waals surface area contributed by atoms with Crippen LogP contribution >= 0.6 is 34.2 Å². The van der Waals surface area contributed by atoms with Crippen LogP contribution in [0, 0.1) is 3.57 Å². The van der Waals surface area contributed by atoms with E-state index in [1.165, 1.54) is 5.56 Å². The van der Waals surface area contributed by atoms with Gasteiger partial charge in [0.05, 0.1) is 9.26 Å². The number of halogens is 2. The zero-order chi connectivity index (χ0) is 15.2. The maximum absolute atomic E-state index is 6.30. The van der Waals surface area contributed by atoms with Crippen molar-refractivity contribution < 1.29 is 4.74 Å². The van der Waals surface area contributed by atoms with E-state index in [1.54, 1.807) is 0 Å². The van der Waals surface area contributed by atoms with E-state index in [4.69, 9.17) is 21.3 Å². The molecule has 0 amide bonds. The molecule has 0 N–H and O–H groups in total. The van der Waals surface area contributed by atoms with Gasteiger partial charge in [-0.15, -0.1) is 0 Å². The van der Waals surface area contributed by atoms with Crippen LogP contribution in [0.1, 0.15) is 44.0 Å². The van der Waals surface area contributed by atoms with Crippen LogP contribution in [0.25, 0.3) is 0 Å². The van der Waals surface area contributed by atoms with E-state index >= 15 is 0 Å². The van der Waals surface area contributed by atoms with Gasteiger partial charge in [0, 0.05) is 11.8 Å². The van der Waals surface area contributed by atoms with E-state index in [9.17, 15) is 0 Å². The number of aromatic nitrogens is 2. The maximum Gasteiger partial charge on any atom is 0.171 e. The van der Waals surface area contributed by atoms with Crippen molar-refractivity contribution in [2.24, 2.45) is 0 Å². The van der Waals surface area contributed by atoms with Crippen LogP contribution in [-0.4, -0.2) is 9.97 Å². The summed E-state index contributed by atoms with van der Waals surface area (Å²) in [4.78, 5) is 9.18. The van der Waals surface area contributed by atoms with Crippen LogP contribution in [0.5, 0.6) is 5.75 Å². The number of fused-ring (bicyclic) bond motifs is 1. The fourth-order valence-electron chi connectivity index (χ4n) is 2.40. The Labute approximate surface area is 143 Å². The van der Waals surface area contributed by atoms with Crippen LogP contribution in [0.2, 0.25) is 5.15 Å². The molecule has 2 heterocycles. The van der Waals surface area contributed by atoms with Crippen molar-refractivity contribution >= 4 is 34.2 Å². The highest BCUT2D eigenvalue weighted by Gasteiger charge is 2.30. The highest BCUT2D eigenvalue weighted by molar-refractivity contribution is 14.1. The summed E-state index contributed by atoms with van der Waals surface area (Å²) in [6, 6.07) is 8.05. The lowest BCUT2D eigenvalue weighted by Gasteiger charge is -2.21. The summed E-state index contributed by atoms with van der Waals surface area (Å²) in [5, 5.41) is 0.505. The lowest BCUT2D eigenvalue weighted by Crippen LogP contribution is -2.20. The van der Waals surface area contributed by atoms with E-state index in [2.05, 4.69) is 54.4 Å². The fraction of sp³-hybridized carbons (Fsp3) is 0.375. The molecule has 0 aliphatic carbocycles. The predicted octanol–water partition coefficient (Wildman–Crippen LogP) is 4.71. The zero-order valence-corrected chi connectivity index (χ0v) is 15.1. The van der Waals surface area contributed by atoms with Crippen molar-refractivity contribution in [1.82, 2.24) is 9.97 Å². The van der Waals surface area contributed by atoms with Crippen LogP contribution in [-0.2, 0) is 11.8 Å². The number of hydrogen-bond acceptors (Lipinski definition) is 3. The summed E-state index contributed by atoms with van der Waals surface area (Å²) < 4.78 is 6.89. The molecule has 110 valence electrons. The second-order valence-corrected chi connectivity index (χ2v) is 7.64. The molecule has 0 saturated carbocycles. The molecule has 1 unspecified atom stereocenters. The predicted molar refractivity (Wildman–Crippen MR) is 92.0 cm³/mol. The summed E-state index contributed by atoms with van der Waals surface area (Å²) in [5.74, 6) is 1.58. The average molecular weight is 415 g/mol. The Balaban J connectivity index is 2.00. The van der Waals surface area contributed by atoms with Gasteiger partial charge in [-0.3, -0.25) is 0 Å². The Morgan fingerprint density at radius 2 is 1.95 bits per heavy atom. The van der Waals surface area contributed by atoms with Crippen molar-refractivity contribution in [3.05, 3.63) is 50.1 Å². The molecule has 1 aliphatic rings. The van der Waals surface area contributed by atoms with E-state index in [0.29, 0.717) is 11.0 Å². The van der Waals surface area contributed by atoms with E-state index < -0.39 is 0 Å². The van der Waals surface area contributed by atoms with Gasteiger partial charge in [-0.05, 0) is 34.2 Å². The van der Waals surface area contributed by atoms with Gasteiger partial charge in [0.1, 0.15) is 10.9 Å². The van der Waals surface area contributed by atoms with Crippen LogP contribution < -0.4 is 4.74 Å². The summed E-state index contributed by atoms with van der Waals surface area (Å²) >= 11 is 8.51. The summed E-state index contributed by atoms with van der Waals surface area (Å²) in [6.07, 6.45) is 0.634. The van der Waals surface area contributed by atoms with Gasteiger partial charge in [0.15, 0.2) is 11.9 Å². The molecule has 2 aromatic rings.